The third-order valence-electron chi connectivity index (χ3n) is 2.80. The Morgan fingerprint density at radius 1 is 1.14 bits per heavy atom. The Balaban J connectivity index is 2.39. The molecule has 0 fully saturated rings. The van der Waals surface area contributed by atoms with Crippen LogP contribution >= 0.6 is 27.5 Å². The first-order valence-corrected chi connectivity index (χ1v) is 7.00. The summed E-state index contributed by atoms with van der Waals surface area (Å²) in [7, 11) is 0. The Morgan fingerprint density at radius 3 is 2.38 bits per heavy atom. The van der Waals surface area contributed by atoms with Crippen molar-refractivity contribution < 1.29 is 13.2 Å². The number of hydrogen-bond acceptors (Lipinski definition) is 3. The number of aromatic nitrogens is 2. The third kappa shape index (κ3) is 3.65. The molecule has 3 nitrogen and oxygen atoms in total. The number of hydrogen-bond donors (Lipinski definition) is 1. The Kier molecular flexibility index (Phi) is 4.43. The monoisotopic (exact) mass is 379 g/mol. The van der Waals surface area contributed by atoms with Crippen molar-refractivity contribution in [1.29, 1.82) is 0 Å². The van der Waals surface area contributed by atoms with E-state index in [0.29, 0.717) is 11.4 Å². The fourth-order valence-corrected chi connectivity index (χ4v) is 2.30. The predicted octanol–water partition coefficient (Wildman–Crippen LogP) is 5.27. The van der Waals surface area contributed by atoms with Crippen LogP contribution in [0.1, 0.15) is 17.0 Å². The van der Waals surface area contributed by atoms with Gasteiger partial charge in [-0.25, -0.2) is 9.97 Å². The van der Waals surface area contributed by atoms with Crippen molar-refractivity contribution in [3.63, 3.8) is 0 Å². The normalized spacial score (nSPS) is 11.6. The molecule has 0 saturated heterocycles. The highest BCUT2D eigenvalue weighted by molar-refractivity contribution is 9.10. The van der Waals surface area contributed by atoms with Crippen molar-refractivity contribution >= 4 is 39.0 Å². The zero-order chi connectivity index (χ0) is 15.8. The third-order valence-corrected chi connectivity index (χ3v) is 3.75. The average molecular weight is 381 g/mol. The lowest BCUT2D eigenvalue weighted by Gasteiger charge is -2.13. The van der Waals surface area contributed by atoms with Gasteiger partial charge in [0.25, 0.3) is 0 Å². The Hall–Kier alpha value is -1.34. The van der Waals surface area contributed by atoms with Gasteiger partial charge in [0.15, 0.2) is 11.0 Å². The molecule has 2 aromatic rings. The highest BCUT2D eigenvalue weighted by atomic mass is 79.9. The molecule has 0 atom stereocenters. The Morgan fingerprint density at radius 2 is 1.76 bits per heavy atom. The van der Waals surface area contributed by atoms with Crippen molar-refractivity contribution in [3.05, 3.63) is 44.8 Å². The maximum absolute atomic E-state index is 12.9. The van der Waals surface area contributed by atoms with Crippen molar-refractivity contribution in [3.8, 4) is 0 Å². The minimum absolute atomic E-state index is 0.0298. The predicted molar refractivity (Wildman–Crippen MR) is 78.9 cm³/mol. The van der Waals surface area contributed by atoms with Gasteiger partial charge in [0.05, 0.1) is 17.0 Å². The molecule has 0 unspecified atom stereocenters. The molecular weight excluding hydrogens is 371 g/mol. The molecule has 0 spiro atoms. The second-order valence-corrected chi connectivity index (χ2v) is 5.56. The number of aryl methyl sites for hydroxylation is 2. The van der Waals surface area contributed by atoms with Gasteiger partial charge in [0, 0.05) is 10.2 Å². The van der Waals surface area contributed by atoms with Crippen LogP contribution in [0.2, 0.25) is 5.15 Å². The summed E-state index contributed by atoms with van der Waals surface area (Å²) in [5.74, 6) is 0.218. The molecule has 21 heavy (non-hydrogen) atoms. The molecule has 1 heterocycles. The van der Waals surface area contributed by atoms with Gasteiger partial charge >= 0.3 is 6.18 Å². The molecule has 1 N–H and O–H groups in total. The van der Waals surface area contributed by atoms with Gasteiger partial charge in [-0.15, -0.1) is 0 Å². The minimum Gasteiger partial charge on any atom is -0.338 e. The van der Waals surface area contributed by atoms with Crippen LogP contribution in [-0.2, 0) is 6.18 Å². The highest BCUT2D eigenvalue weighted by Crippen LogP contribution is 2.37. The maximum Gasteiger partial charge on any atom is 0.417 e. The van der Waals surface area contributed by atoms with Gasteiger partial charge in [-0.2, -0.15) is 13.2 Å². The van der Waals surface area contributed by atoms with E-state index in [1.165, 1.54) is 12.1 Å². The van der Waals surface area contributed by atoms with Gasteiger partial charge in [-0.3, -0.25) is 0 Å². The van der Waals surface area contributed by atoms with E-state index in [0.717, 1.165) is 6.07 Å². The second kappa shape index (κ2) is 5.81. The summed E-state index contributed by atoms with van der Waals surface area (Å²) in [5.41, 5.74) is 0.762. The average Bonchev–Trinajstić information content (AvgIpc) is 2.37. The zero-order valence-corrected chi connectivity index (χ0v) is 13.4. The molecule has 0 radical (unpaired) electrons. The van der Waals surface area contributed by atoms with E-state index in [1.54, 1.807) is 13.8 Å². The molecule has 0 aliphatic carbocycles. The molecule has 0 amide bonds. The Bertz CT molecular complexity index is 689. The van der Waals surface area contributed by atoms with Crippen molar-refractivity contribution in [1.82, 2.24) is 9.97 Å². The summed E-state index contributed by atoms with van der Waals surface area (Å²) in [6, 6.07) is 3.79. The fraction of sp³-hybridized carbons (Fsp3) is 0.231. The maximum atomic E-state index is 12.9. The standard InChI is InChI=1S/C13H10BrClF3N3/c1-6-7(2)20-12(11(15)19-6)21-8-3-4-10(14)9(5-8)13(16,17)18/h3-5H,1-2H3,(H,20,21). The first-order valence-electron chi connectivity index (χ1n) is 5.83. The molecule has 0 aliphatic heterocycles. The van der Waals surface area contributed by atoms with E-state index in [9.17, 15) is 13.2 Å². The molecule has 1 aromatic heterocycles. The van der Waals surface area contributed by atoms with E-state index >= 15 is 0 Å². The van der Waals surface area contributed by atoms with E-state index in [-0.39, 0.29) is 21.1 Å². The van der Waals surface area contributed by atoms with E-state index in [1.807, 2.05) is 0 Å². The number of nitrogens with one attached hydrogen (secondary N) is 1. The van der Waals surface area contributed by atoms with Crippen molar-refractivity contribution in [2.24, 2.45) is 0 Å². The van der Waals surface area contributed by atoms with Gasteiger partial charge in [-0.1, -0.05) is 27.5 Å². The molecule has 8 heteroatoms. The van der Waals surface area contributed by atoms with Crippen LogP contribution in [0.4, 0.5) is 24.7 Å². The van der Waals surface area contributed by atoms with E-state index < -0.39 is 11.7 Å². The summed E-state index contributed by atoms with van der Waals surface area (Å²) in [6.07, 6.45) is -4.45. The molecule has 0 bridgehead atoms. The molecular formula is C13H10BrClF3N3. The summed E-state index contributed by atoms with van der Waals surface area (Å²) in [6.45, 7) is 3.49. The number of halogens is 5. The number of nitrogens with zero attached hydrogens (tertiary/aromatic N) is 2. The van der Waals surface area contributed by atoms with Gasteiger partial charge in [0.1, 0.15) is 0 Å². The van der Waals surface area contributed by atoms with Crippen LogP contribution in [0.5, 0.6) is 0 Å². The summed E-state index contributed by atoms with van der Waals surface area (Å²) >= 11 is 8.83. The number of alkyl halides is 3. The Labute approximate surface area is 132 Å². The van der Waals surface area contributed by atoms with Crippen LogP contribution in [0.3, 0.4) is 0 Å². The largest absolute Gasteiger partial charge is 0.417 e. The summed E-state index contributed by atoms with van der Waals surface area (Å²) < 4.78 is 38.5. The molecule has 112 valence electrons. The van der Waals surface area contributed by atoms with Gasteiger partial charge in [0.2, 0.25) is 0 Å². The lowest BCUT2D eigenvalue weighted by atomic mass is 10.2. The van der Waals surface area contributed by atoms with Crippen LogP contribution in [-0.4, -0.2) is 9.97 Å². The van der Waals surface area contributed by atoms with E-state index in [2.05, 4.69) is 31.2 Å². The van der Waals surface area contributed by atoms with E-state index in [4.69, 9.17) is 11.6 Å². The fourth-order valence-electron chi connectivity index (χ4n) is 1.61. The van der Waals surface area contributed by atoms with Gasteiger partial charge in [-0.05, 0) is 32.0 Å². The van der Waals surface area contributed by atoms with Crippen LogP contribution in [0, 0.1) is 13.8 Å². The lowest BCUT2D eigenvalue weighted by Crippen LogP contribution is -2.07. The smallest absolute Gasteiger partial charge is 0.338 e. The number of benzene rings is 1. The van der Waals surface area contributed by atoms with Crippen LogP contribution in [0.15, 0.2) is 22.7 Å². The topological polar surface area (TPSA) is 37.8 Å². The SMILES string of the molecule is Cc1nc(Cl)c(Nc2ccc(Br)c(C(F)(F)F)c2)nc1C. The highest BCUT2D eigenvalue weighted by Gasteiger charge is 2.33. The molecule has 0 saturated carbocycles. The van der Waals surface area contributed by atoms with Crippen LogP contribution in [0.25, 0.3) is 0 Å². The van der Waals surface area contributed by atoms with Crippen molar-refractivity contribution in [2.75, 3.05) is 5.32 Å². The molecule has 2 rings (SSSR count). The van der Waals surface area contributed by atoms with Crippen molar-refractivity contribution in [2.45, 2.75) is 20.0 Å². The minimum atomic E-state index is -4.45. The quantitative estimate of drug-likeness (QED) is 0.771. The van der Waals surface area contributed by atoms with Crippen LogP contribution < -0.4 is 5.32 Å². The number of anilines is 2. The number of rotatable bonds is 2. The molecule has 0 aliphatic rings. The first-order chi connectivity index (χ1) is 9.68. The second-order valence-electron chi connectivity index (χ2n) is 4.35. The van der Waals surface area contributed by atoms with Gasteiger partial charge < -0.3 is 5.32 Å². The lowest BCUT2D eigenvalue weighted by molar-refractivity contribution is -0.138. The summed E-state index contributed by atoms with van der Waals surface area (Å²) in [4.78, 5) is 8.25. The summed E-state index contributed by atoms with van der Waals surface area (Å²) in [5, 5.41) is 2.86. The zero-order valence-electron chi connectivity index (χ0n) is 11.0. The first kappa shape index (κ1) is 16.0. The molecule has 1 aromatic carbocycles.